The van der Waals surface area contributed by atoms with Gasteiger partial charge in [0.2, 0.25) is 0 Å². The van der Waals surface area contributed by atoms with Gasteiger partial charge in [-0.25, -0.2) is 4.79 Å². The van der Waals surface area contributed by atoms with Gasteiger partial charge in [0.15, 0.2) is 0 Å². The van der Waals surface area contributed by atoms with Gasteiger partial charge in [0.25, 0.3) is 0 Å². The second-order valence-corrected chi connectivity index (χ2v) is 10.6. The van der Waals surface area contributed by atoms with Crippen molar-refractivity contribution in [3.05, 3.63) is 72.4 Å². The number of aliphatic carboxylic acids is 2. The normalized spacial score (nSPS) is 12.8. The maximum Gasteiger partial charge on any atom is 0.328 e. The van der Waals surface area contributed by atoms with Gasteiger partial charge in [-0.3, -0.25) is 4.79 Å². The Bertz CT molecular complexity index is 783. The summed E-state index contributed by atoms with van der Waals surface area (Å²) in [6.45, 7) is 2.17. The number of carboxylic acid groups (broad SMARTS) is 2. The molecule has 0 spiro atoms. The lowest BCUT2D eigenvalue weighted by molar-refractivity contribution is -0.137. The summed E-state index contributed by atoms with van der Waals surface area (Å²) in [5.74, 6) is -1.60. The molecule has 40 heavy (non-hydrogen) atoms. The lowest BCUT2D eigenvalue weighted by Gasteiger charge is -2.08. The summed E-state index contributed by atoms with van der Waals surface area (Å²) in [5, 5.41) is 17.3. The number of allylic oxidation sites excluding steroid dienone is 11. The van der Waals surface area contributed by atoms with Crippen molar-refractivity contribution in [2.24, 2.45) is 0 Å². The second kappa shape index (κ2) is 30.9. The largest absolute Gasteiger partial charge is 0.481 e. The molecule has 0 saturated heterocycles. The number of unbranched alkanes of at least 4 members (excludes halogenated alkanes) is 13. The molecule has 0 bridgehead atoms. The molecule has 0 heterocycles. The predicted molar refractivity (Wildman–Crippen MR) is 172 cm³/mol. The highest BCUT2D eigenvalue weighted by Crippen LogP contribution is 2.20. The fourth-order valence-electron chi connectivity index (χ4n) is 4.55. The topological polar surface area (TPSA) is 74.6 Å². The summed E-state index contributed by atoms with van der Waals surface area (Å²) >= 11 is 0. The standard InChI is InChI=1S/C36H58O4/c1-2-3-4-5-15-19-24-29-34(31-26-21-18-23-28-33-36(39)40)30-25-20-16-13-11-9-7-6-8-10-12-14-17-22-27-32-35(37)38/h3-4,12,14-15,17,19,22,27,29,32H,2,5-11,13,16,18,20-21,23-26,28,30-31,33H2,1H3,(H,37,38)(H,39,40). The molecule has 226 valence electrons. The molecule has 0 unspecified atom stereocenters. The van der Waals surface area contributed by atoms with Gasteiger partial charge in [-0.15, -0.1) is 0 Å². The first-order valence-corrected chi connectivity index (χ1v) is 16.0. The van der Waals surface area contributed by atoms with E-state index in [2.05, 4.69) is 43.4 Å². The zero-order valence-corrected chi connectivity index (χ0v) is 25.4. The number of rotatable bonds is 28. The van der Waals surface area contributed by atoms with E-state index in [0.717, 1.165) is 51.0 Å². The molecule has 4 nitrogen and oxygen atoms in total. The van der Waals surface area contributed by atoms with E-state index in [1.54, 1.807) is 11.6 Å². The van der Waals surface area contributed by atoms with Gasteiger partial charge in [-0.2, -0.15) is 0 Å². The van der Waals surface area contributed by atoms with Crippen LogP contribution in [0.3, 0.4) is 0 Å². The average molecular weight is 555 g/mol. The Labute approximate surface area is 245 Å². The molecule has 2 N–H and O–H groups in total. The van der Waals surface area contributed by atoms with E-state index in [1.807, 2.05) is 12.2 Å². The predicted octanol–water partition coefficient (Wildman–Crippen LogP) is 11.1. The minimum absolute atomic E-state index is 0.304. The Morgan fingerprint density at radius 2 is 1.02 bits per heavy atom. The monoisotopic (exact) mass is 554 g/mol. The minimum Gasteiger partial charge on any atom is -0.481 e. The summed E-state index contributed by atoms with van der Waals surface area (Å²) in [6, 6.07) is 0. The molecule has 0 aromatic heterocycles. The molecule has 0 aliphatic rings. The van der Waals surface area contributed by atoms with Crippen LogP contribution in [0.1, 0.15) is 142 Å². The molecule has 0 aliphatic heterocycles. The van der Waals surface area contributed by atoms with Gasteiger partial charge < -0.3 is 10.2 Å². The maximum atomic E-state index is 10.6. The van der Waals surface area contributed by atoms with Crippen LogP contribution in [0.2, 0.25) is 0 Å². The third-order valence-corrected chi connectivity index (χ3v) is 6.85. The molecule has 0 aromatic rings. The number of carboxylic acids is 2. The van der Waals surface area contributed by atoms with Gasteiger partial charge in [0.05, 0.1) is 0 Å². The van der Waals surface area contributed by atoms with E-state index >= 15 is 0 Å². The van der Waals surface area contributed by atoms with Crippen LogP contribution in [-0.4, -0.2) is 22.2 Å². The first-order chi connectivity index (χ1) is 19.6. The van der Waals surface area contributed by atoms with Gasteiger partial charge in [0, 0.05) is 12.5 Å². The summed E-state index contributed by atoms with van der Waals surface area (Å²) in [5.41, 5.74) is 1.61. The number of hydrogen-bond donors (Lipinski definition) is 2. The van der Waals surface area contributed by atoms with Crippen LogP contribution in [0.4, 0.5) is 0 Å². The van der Waals surface area contributed by atoms with E-state index in [-0.39, 0.29) is 0 Å². The van der Waals surface area contributed by atoms with Gasteiger partial charge >= 0.3 is 11.9 Å². The molecule has 0 aliphatic carbocycles. The smallest absolute Gasteiger partial charge is 0.328 e. The van der Waals surface area contributed by atoms with Gasteiger partial charge in [0.1, 0.15) is 0 Å². The molecule has 0 saturated carbocycles. The summed E-state index contributed by atoms with van der Waals surface area (Å²) < 4.78 is 0. The lowest BCUT2D eigenvalue weighted by Crippen LogP contribution is -1.93. The molecular formula is C36H58O4. The Hall–Kier alpha value is -2.62. The van der Waals surface area contributed by atoms with Crippen molar-refractivity contribution in [2.75, 3.05) is 0 Å². The quantitative estimate of drug-likeness (QED) is 0.0436. The molecule has 0 radical (unpaired) electrons. The van der Waals surface area contributed by atoms with Crippen molar-refractivity contribution in [2.45, 2.75) is 142 Å². The fraction of sp³-hybridized carbons (Fsp3) is 0.611. The van der Waals surface area contributed by atoms with Crippen LogP contribution in [0.25, 0.3) is 0 Å². The first kappa shape index (κ1) is 37.4. The van der Waals surface area contributed by atoms with Crippen molar-refractivity contribution in [1.29, 1.82) is 0 Å². The van der Waals surface area contributed by atoms with Crippen molar-refractivity contribution in [3.63, 3.8) is 0 Å². The van der Waals surface area contributed by atoms with E-state index < -0.39 is 11.9 Å². The van der Waals surface area contributed by atoms with Crippen LogP contribution in [0.15, 0.2) is 72.4 Å². The highest BCUT2D eigenvalue weighted by molar-refractivity contribution is 5.80. The summed E-state index contributed by atoms with van der Waals surface area (Å²) in [7, 11) is 0. The van der Waals surface area contributed by atoms with Crippen LogP contribution in [0.5, 0.6) is 0 Å². The van der Waals surface area contributed by atoms with Gasteiger partial charge in [-0.05, 0) is 64.2 Å². The molecule has 0 rings (SSSR count). The van der Waals surface area contributed by atoms with E-state index in [9.17, 15) is 9.59 Å². The van der Waals surface area contributed by atoms with E-state index in [4.69, 9.17) is 10.2 Å². The van der Waals surface area contributed by atoms with E-state index in [1.165, 1.54) is 89.5 Å². The van der Waals surface area contributed by atoms with Crippen LogP contribution < -0.4 is 0 Å². The van der Waals surface area contributed by atoms with Crippen molar-refractivity contribution in [3.8, 4) is 0 Å². The van der Waals surface area contributed by atoms with Crippen LogP contribution in [-0.2, 0) is 9.59 Å². The molecule has 0 fully saturated rings. The third-order valence-electron chi connectivity index (χ3n) is 6.85. The molecule has 4 heteroatoms. The van der Waals surface area contributed by atoms with Crippen molar-refractivity contribution < 1.29 is 19.8 Å². The second-order valence-electron chi connectivity index (χ2n) is 10.6. The molecule has 0 amide bonds. The Balaban J connectivity index is 3.97. The summed E-state index contributed by atoms with van der Waals surface area (Å²) in [6.07, 6.45) is 46.0. The summed E-state index contributed by atoms with van der Waals surface area (Å²) in [4.78, 5) is 21.0. The number of carbonyl (C=O) groups is 2. The van der Waals surface area contributed by atoms with Crippen molar-refractivity contribution in [1.82, 2.24) is 0 Å². The van der Waals surface area contributed by atoms with Crippen molar-refractivity contribution >= 4 is 11.9 Å². The maximum absolute atomic E-state index is 10.6. The lowest BCUT2D eigenvalue weighted by atomic mass is 9.98. The Kier molecular flexibility index (Phi) is 28.9. The Morgan fingerprint density at radius 1 is 0.525 bits per heavy atom. The van der Waals surface area contributed by atoms with Crippen LogP contribution >= 0.6 is 0 Å². The third kappa shape index (κ3) is 31.6. The molecular weight excluding hydrogens is 496 g/mol. The number of hydrogen-bond acceptors (Lipinski definition) is 2. The SMILES string of the molecule is CCC=CCC=CCC=C(CCCCCCCCCCCC=CC=CC=CC(=O)O)CCCCCCCC(=O)O. The zero-order valence-electron chi connectivity index (χ0n) is 25.4. The molecule has 0 aromatic carbocycles. The first-order valence-electron chi connectivity index (χ1n) is 16.0. The highest BCUT2D eigenvalue weighted by atomic mass is 16.4. The van der Waals surface area contributed by atoms with Gasteiger partial charge in [-0.1, -0.05) is 137 Å². The van der Waals surface area contributed by atoms with E-state index in [0.29, 0.717) is 6.42 Å². The Morgan fingerprint density at radius 3 is 1.60 bits per heavy atom. The highest BCUT2D eigenvalue weighted by Gasteiger charge is 2.01. The zero-order chi connectivity index (χ0) is 29.4. The average Bonchev–Trinajstić information content (AvgIpc) is 2.92. The van der Waals surface area contributed by atoms with Crippen LogP contribution in [0, 0.1) is 0 Å². The molecule has 0 atom stereocenters. The minimum atomic E-state index is -0.920. The fourth-order valence-corrected chi connectivity index (χ4v) is 4.55.